The highest BCUT2D eigenvalue weighted by Gasteiger charge is 2.52. The van der Waals surface area contributed by atoms with Gasteiger partial charge in [0.05, 0.1) is 5.52 Å². The first-order valence-electron chi connectivity index (χ1n) is 16.0. The molecule has 0 amide bonds. The van der Waals surface area contributed by atoms with Crippen LogP contribution in [0.5, 0.6) is 0 Å². The molecule has 1 aliphatic carbocycles. The maximum Gasteiger partial charge on any atom is 0.164 e. The molecule has 46 heavy (non-hydrogen) atoms. The Morgan fingerprint density at radius 2 is 1.17 bits per heavy atom. The van der Waals surface area contributed by atoms with Gasteiger partial charge in [-0.2, -0.15) is 0 Å². The maximum atomic E-state index is 4.95. The third-order valence-electron chi connectivity index (χ3n) is 10.1. The minimum Gasteiger partial charge on any atom is -0.313 e. The predicted molar refractivity (Wildman–Crippen MR) is 188 cm³/mol. The first-order chi connectivity index (χ1) is 22.6. The number of aromatic nitrogens is 4. The van der Waals surface area contributed by atoms with Crippen molar-refractivity contribution in [2.75, 3.05) is 0 Å². The molecule has 3 heterocycles. The van der Waals surface area contributed by atoms with E-state index >= 15 is 0 Å². The van der Waals surface area contributed by atoms with E-state index < -0.39 is 0 Å². The molecule has 5 aromatic carbocycles. The van der Waals surface area contributed by atoms with Crippen LogP contribution in [0, 0.1) is 5.92 Å². The van der Waals surface area contributed by atoms with Crippen molar-refractivity contribution >= 4 is 22.7 Å². The lowest BCUT2D eigenvalue weighted by Gasteiger charge is -2.42. The molecule has 0 bridgehead atoms. The molecular weight excluding hydrogens is 581 g/mol. The lowest BCUT2D eigenvalue weighted by molar-refractivity contribution is 0.285. The van der Waals surface area contributed by atoms with E-state index in [1.165, 1.54) is 32.6 Å². The average Bonchev–Trinajstić information content (AvgIpc) is 3.61. The van der Waals surface area contributed by atoms with Gasteiger partial charge in [-0.25, -0.2) is 15.0 Å². The third-order valence-corrected chi connectivity index (χ3v) is 11.7. The van der Waals surface area contributed by atoms with Crippen LogP contribution < -0.4 is 0 Å². The van der Waals surface area contributed by atoms with Gasteiger partial charge in [0.1, 0.15) is 0 Å². The molecule has 1 aliphatic heterocycles. The molecule has 3 atom stereocenters. The molecule has 222 valence electrons. The van der Waals surface area contributed by atoms with Crippen molar-refractivity contribution in [1.29, 1.82) is 0 Å². The van der Waals surface area contributed by atoms with Gasteiger partial charge in [0.15, 0.2) is 17.5 Å². The van der Waals surface area contributed by atoms with Crippen LogP contribution in [0.15, 0.2) is 138 Å². The van der Waals surface area contributed by atoms with Gasteiger partial charge in [-0.3, -0.25) is 0 Å². The molecule has 0 spiro atoms. The summed E-state index contributed by atoms with van der Waals surface area (Å²) < 4.78 is 2.51. The van der Waals surface area contributed by atoms with Crippen LogP contribution in [0.1, 0.15) is 35.9 Å². The highest BCUT2D eigenvalue weighted by Crippen LogP contribution is 2.65. The van der Waals surface area contributed by atoms with Crippen molar-refractivity contribution in [2.24, 2.45) is 5.92 Å². The number of para-hydroxylation sites is 1. The zero-order valence-corrected chi connectivity index (χ0v) is 26.6. The van der Waals surface area contributed by atoms with Gasteiger partial charge < -0.3 is 4.57 Å². The monoisotopic (exact) mass is 612 g/mol. The summed E-state index contributed by atoms with van der Waals surface area (Å²) in [7, 11) is 0. The smallest absolute Gasteiger partial charge is 0.164 e. The second kappa shape index (κ2) is 10.5. The molecule has 0 N–H and O–H groups in total. The quantitative estimate of drug-likeness (QED) is 0.198. The van der Waals surface area contributed by atoms with Crippen LogP contribution in [0.3, 0.4) is 0 Å². The number of fused-ring (bicyclic) bond motifs is 7. The van der Waals surface area contributed by atoms with E-state index in [2.05, 4.69) is 103 Å². The molecule has 2 aliphatic rings. The van der Waals surface area contributed by atoms with E-state index in [1.807, 2.05) is 60.7 Å². The highest BCUT2D eigenvalue weighted by atomic mass is 32.2. The van der Waals surface area contributed by atoms with Crippen molar-refractivity contribution < 1.29 is 0 Å². The summed E-state index contributed by atoms with van der Waals surface area (Å²) in [5, 5.41) is 1.74. The Kier molecular flexibility index (Phi) is 6.26. The van der Waals surface area contributed by atoms with E-state index in [4.69, 9.17) is 15.0 Å². The van der Waals surface area contributed by atoms with Gasteiger partial charge >= 0.3 is 0 Å². The second-order valence-electron chi connectivity index (χ2n) is 12.7. The summed E-state index contributed by atoms with van der Waals surface area (Å²) >= 11 is 2.05. The summed E-state index contributed by atoms with van der Waals surface area (Å²) in [5.41, 5.74) is 9.88. The normalized spacial score (nSPS) is 19.9. The highest BCUT2D eigenvalue weighted by molar-refractivity contribution is 8.00. The molecular formula is C41H32N4S. The van der Waals surface area contributed by atoms with Gasteiger partial charge in [0.2, 0.25) is 0 Å². The van der Waals surface area contributed by atoms with Crippen molar-refractivity contribution in [3.63, 3.8) is 0 Å². The van der Waals surface area contributed by atoms with Gasteiger partial charge in [-0.15, -0.1) is 11.8 Å². The average molecular weight is 613 g/mol. The predicted octanol–water partition coefficient (Wildman–Crippen LogP) is 10.1. The van der Waals surface area contributed by atoms with Crippen molar-refractivity contribution in [3.05, 3.63) is 150 Å². The Morgan fingerprint density at radius 1 is 0.630 bits per heavy atom. The number of rotatable bonds is 4. The number of thioether (sulfide) groups is 1. The summed E-state index contributed by atoms with van der Waals surface area (Å²) in [6.45, 7) is 4.94. The number of hydrogen-bond donors (Lipinski definition) is 0. The number of hydrogen-bond acceptors (Lipinski definition) is 4. The summed E-state index contributed by atoms with van der Waals surface area (Å²) in [4.78, 5) is 16.2. The van der Waals surface area contributed by atoms with Gasteiger partial charge in [0.25, 0.3) is 0 Å². The minimum absolute atomic E-state index is 0.0959. The Bertz CT molecular complexity index is 2180. The first-order valence-corrected chi connectivity index (χ1v) is 16.8. The number of nitrogens with zero attached hydrogens (tertiary/aromatic N) is 4. The molecule has 0 saturated carbocycles. The largest absolute Gasteiger partial charge is 0.313 e. The Balaban J connectivity index is 1.17. The first kappa shape index (κ1) is 27.3. The van der Waals surface area contributed by atoms with E-state index in [0.717, 1.165) is 28.8 Å². The van der Waals surface area contributed by atoms with Crippen LogP contribution in [-0.2, 0) is 11.8 Å². The van der Waals surface area contributed by atoms with Crippen LogP contribution in [-0.4, -0.2) is 19.5 Å². The molecule has 3 unspecified atom stereocenters. The fraction of sp³-hybridized carbons (Fsp3) is 0.146. The van der Waals surface area contributed by atoms with Crippen LogP contribution in [0.25, 0.3) is 50.8 Å². The summed E-state index contributed by atoms with van der Waals surface area (Å²) in [6.07, 6.45) is 1.03. The van der Waals surface area contributed by atoms with Gasteiger partial charge in [-0.05, 0) is 59.9 Å². The van der Waals surface area contributed by atoms with Crippen molar-refractivity contribution in [1.82, 2.24) is 19.5 Å². The fourth-order valence-electron chi connectivity index (χ4n) is 7.59. The fourth-order valence-corrected chi connectivity index (χ4v) is 9.40. The zero-order chi connectivity index (χ0) is 30.8. The van der Waals surface area contributed by atoms with Crippen molar-refractivity contribution in [2.45, 2.75) is 35.8 Å². The Labute approximate surface area is 273 Å². The van der Waals surface area contributed by atoms with E-state index in [9.17, 15) is 0 Å². The molecule has 9 rings (SSSR count). The van der Waals surface area contributed by atoms with Crippen LogP contribution in [0.4, 0.5) is 0 Å². The maximum absolute atomic E-state index is 4.95. The van der Waals surface area contributed by atoms with E-state index in [0.29, 0.717) is 28.6 Å². The topological polar surface area (TPSA) is 43.6 Å². The Morgan fingerprint density at radius 3 is 1.83 bits per heavy atom. The van der Waals surface area contributed by atoms with Crippen molar-refractivity contribution in [3.8, 4) is 39.9 Å². The molecule has 4 nitrogen and oxygen atoms in total. The molecule has 0 saturated heterocycles. The summed E-state index contributed by atoms with van der Waals surface area (Å²) in [5.74, 6) is 2.52. The standard InChI is InChI=1S/C41H32N4S/c1-26-25-34-36(37-41(26,2)32-18-10-12-20-35(32)46-37)31-17-9-11-19-33(31)45(34)30-23-21-29(22-24-30)40-43-38(27-13-5-3-6-14-27)42-39(44-40)28-15-7-4-8-16-28/h3-24,26,37H,25H2,1-2H3. The molecule has 5 heteroatoms. The molecule has 0 radical (unpaired) electrons. The second-order valence-corrected chi connectivity index (χ2v) is 13.8. The van der Waals surface area contributed by atoms with Gasteiger partial charge in [0, 0.05) is 49.0 Å². The minimum atomic E-state index is 0.0959. The lowest BCUT2D eigenvalue weighted by Crippen LogP contribution is -2.38. The zero-order valence-electron chi connectivity index (χ0n) is 25.8. The SMILES string of the molecule is CC1Cc2c(c3ccccc3n2-c2ccc(-c3nc(-c4ccccc4)nc(-c4ccccc4)n3)cc2)C2Sc3ccccc3C12C. The molecule has 7 aromatic rings. The lowest BCUT2D eigenvalue weighted by atomic mass is 9.63. The number of benzene rings is 5. The van der Waals surface area contributed by atoms with E-state index in [-0.39, 0.29) is 5.41 Å². The Hall–Kier alpha value is -5.00. The van der Waals surface area contributed by atoms with Crippen LogP contribution in [0.2, 0.25) is 0 Å². The third kappa shape index (κ3) is 4.11. The van der Waals surface area contributed by atoms with E-state index in [1.54, 1.807) is 0 Å². The molecule has 0 fully saturated rings. The summed E-state index contributed by atoms with van der Waals surface area (Å²) in [6, 6.07) is 47.1. The molecule has 2 aromatic heterocycles. The van der Waals surface area contributed by atoms with Gasteiger partial charge in [-0.1, -0.05) is 111 Å². The van der Waals surface area contributed by atoms with Crippen LogP contribution >= 0.6 is 11.8 Å².